The highest BCUT2D eigenvalue weighted by Gasteiger charge is 2.02. The Morgan fingerprint density at radius 2 is 2.08 bits per heavy atom. The first kappa shape index (κ1) is 8.78. The fourth-order valence-electron chi connectivity index (χ4n) is 1.11. The maximum absolute atomic E-state index is 9.20. The Bertz CT molecular complexity index is 472. The second-order valence-corrected chi connectivity index (χ2v) is 3.85. The molecule has 0 radical (unpaired) electrons. The van der Waals surface area contributed by atoms with Crippen LogP contribution in [0.1, 0.15) is 0 Å². The van der Waals surface area contributed by atoms with Crippen LogP contribution >= 0.6 is 27.5 Å². The maximum atomic E-state index is 9.20. The topological polar surface area (TPSA) is 33.1 Å². The third-order valence-corrected chi connectivity index (χ3v) is 2.83. The molecule has 0 aliphatic rings. The summed E-state index contributed by atoms with van der Waals surface area (Å²) in [5.41, 5.74) is 0.688. The molecule has 0 saturated carbocycles. The van der Waals surface area contributed by atoms with Crippen molar-refractivity contribution in [1.29, 1.82) is 0 Å². The van der Waals surface area contributed by atoms with E-state index in [4.69, 9.17) is 11.6 Å². The van der Waals surface area contributed by atoms with E-state index in [-0.39, 0.29) is 5.75 Å². The van der Waals surface area contributed by atoms with E-state index < -0.39 is 0 Å². The Kier molecular flexibility index (Phi) is 2.14. The molecule has 0 aliphatic heterocycles. The molecule has 4 heteroatoms. The lowest BCUT2D eigenvalue weighted by Crippen LogP contribution is -1.80. The monoisotopic (exact) mass is 257 g/mol. The number of halogens is 2. The SMILES string of the molecule is Oc1ccc2cc(Br)c(Cl)nc2c1. The zero-order valence-corrected chi connectivity index (χ0v) is 8.80. The molecule has 66 valence electrons. The van der Waals surface area contributed by atoms with Crippen molar-refractivity contribution in [2.24, 2.45) is 0 Å². The minimum atomic E-state index is 0.193. The van der Waals surface area contributed by atoms with E-state index >= 15 is 0 Å². The van der Waals surface area contributed by atoms with Crippen LogP contribution in [0.3, 0.4) is 0 Å². The average molecular weight is 259 g/mol. The highest BCUT2D eigenvalue weighted by molar-refractivity contribution is 9.10. The Balaban J connectivity index is 2.81. The molecular weight excluding hydrogens is 253 g/mol. The van der Waals surface area contributed by atoms with Crippen LogP contribution in [-0.2, 0) is 0 Å². The first-order chi connectivity index (χ1) is 6.16. The number of pyridine rings is 1. The quantitative estimate of drug-likeness (QED) is 0.735. The normalized spacial score (nSPS) is 10.6. The van der Waals surface area contributed by atoms with Gasteiger partial charge in [-0.3, -0.25) is 0 Å². The highest BCUT2D eigenvalue weighted by Crippen LogP contribution is 2.26. The number of hydrogen-bond donors (Lipinski definition) is 1. The molecule has 2 aromatic rings. The average Bonchev–Trinajstić information content (AvgIpc) is 2.08. The van der Waals surface area contributed by atoms with Crippen LogP contribution in [0.5, 0.6) is 5.75 Å². The summed E-state index contributed by atoms with van der Waals surface area (Å²) in [6, 6.07) is 6.85. The molecule has 0 fully saturated rings. The number of rotatable bonds is 0. The summed E-state index contributed by atoms with van der Waals surface area (Å²) in [5.74, 6) is 0.193. The standard InChI is InChI=1S/C9H5BrClNO/c10-7-3-5-1-2-6(13)4-8(5)12-9(7)11/h1-4,13H. The van der Waals surface area contributed by atoms with Crippen molar-refractivity contribution in [3.63, 3.8) is 0 Å². The highest BCUT2D eigenvalue weighted by atomic mass is 79.9. The first-order valence-electron chi connectivity index (χ1n) is 3.61. The van der Waals surface area contributed by atoms with Gasteiger partial charge < -0.3 is 5.11 Å². The van der Waals surface area contributed by atoms with Gasteiger partial charge in [-0.25, -0.2) is 4.98 Å². The predicted octanol–water partition coefficient (Wildman–Crippen LogP) is 3.36. The molecule has 1 aromatic heterocycles. The minimum Gasteiger partial charge on any atom is -0.508 e. The Labute approximate surface area is 88.3 Å². The summed E-state index contributed by atoms with van der Waals surface area (Å²) >= 11 is 9.08. The van der Waals surface area contributed by atoms with Crippen LogP contribution in [-0.4, -0.2) is 10.1 Å². The first-order valence-corrected chi connectivity index (χ1v) is 4.79. The summed E-state index contributed by atoms with van der Waals surface area (Å²) in [4.78, 5) is 4.09. The third-order valence-electron chi connectivity index (χ3n) is 1.71. The van der Waals surface area contributed by atoms with Gasteiger partial charge in [-0.2, -0.15) is 0 Å². The van der Waals surface area contributed by atoms with Crippen LogP contribution in [0.25, 0.3) is 10.9 Å². The summed E-state index contributed by atoms with van der Waals surface area (Å²) in [6.07, 6.45) is 0. The molecule has 0 bridgehead atoms. The molecule has 13 heavy (non-hydrogen) atoms. The van der Waals surface area contributed by atoms with Gasteiger partial charge in [0.15, 0.2) is 0 Å². The second kappa shape index (κ2) is 3.16. The molecule has 0 spiro atoms. The van der Waals surface area contributed by atoms with Gasteiger partial charge in [-0.15, -0.1) is 0 Å². The lowest BCUT2D eigenvalue weighted by molar-refractivity contribution is 0.476. The molecular formula is C9H5BrClNO. The van der Waals surface area contributed by atoms with Crippen LogP contribution < -0.4 is 0 Å². The summed E-state index contributed by atoms with van der Waals surface area (Å²) < 4.78 is 0.757. The molecule has 1 heterocycles. The van der Waals surface area contributed by atoms with E-state index in [1.807, 2.05) is 6.07 Å². The molecule has 0 atom stereocenters. The fourth-order valence-corrected chi connectivity index (χ4v) is 1.59. The molecule has 2 nitrogen and oxygen atoms in total. The largest absolute Gasteiger partial charge is 0.508 e. The number of benzene rings is 1. The molecule has 1 N–H and O–H groups in total. The lowest BCUT2D eigenvalue weighted by atomic mass is 10.2. The van der Waals surface area contributed by atoms with Gasteiger partial charge in [0.25, 0.3) is 0 Å². The number of fused-ring (bicyclic) bond motifs is 1. The van der Waals surface area contributed by atoms with Crippen LogP contribution in [0.4, 0.5) is 0 Å². The molecule has 0 aliphatic carbocycles. The van der Waals surface area contributed by atoms with Gasteiger partial charge in [-0.1, -0.05) is 11.6 Å². The molecule has 0 amide bonds. The number of nitrogens with zero attached hydrogens (tertiary/aromatic N) is 1. The van der Waals surface area contributed by atoms with Crippen molar-refractivity contribution >= 4 is 38.4 Å². The molecule has 1 aromatic carbocycles. The van der Waals surface area contributed by atoms with E-state index in [0.29, 0.717) is 10.7 Å². The van der Waals surface area contributed by atoms with E-state index in [9.17, 15) is 5.11 Å². The number of hydrogen-bond acceptors (Lipinski definition) is 2. The van der Waals surface area contributed by atoms with E-state index in [1.165, 1.54) is 0 Å². The summed E-state index contributed by atoms with van der Waals surface area (Å²) in [5, 5.41) is 10.5. The van der Waals surface area contributed by atoms with Gasteiger partial charge >= 0.3 is 0 Å². The van der Waals surface area contributed by atoms with E-state index in [1.54, 1.807) is 18.2 Å². The maximum Gasteiger partial charge on any atom is 0.143 e. The van der Waals surface area contributed by atoms with E-state index in [2.05, 4.69) is 20.9 Å². The Morgan fingerprint density at radius 1 is 1.31 bits per heavy atom. The van der Waals surface area contributed by atoms with Crippen molar-refractivity contribution in [3.8, 4) is 5.75 Å². The number of aromatic nitrogens is 1. The fraction of sp³-hybridized carbons (Fsp3) is 0. The zero-order chi connectivity index (χ0) is 9.42. The van der Waals surface area contributed by atoms with Gasteiger partial charge in [0.05, 0.1) is 9.99 Å². The minimum absolute atomic E-state index is 0.193. The van der Waals surface area contributed by atoms with Crippen LogP contribution in [0, 0.1) is 0 Å². The van der Waals surface area contributed by atoms with Crippen molar-refractivity contribution in [3.05, 3.63) is 33.9 Å². The van der Waals surface area contributed by atoms with Crippen LogP contribution in [0.2, 0.25) is 5.15 Å². The van der Waals surface area contributed by atoms with Crippen molar-refractivity contribution < 1.29 is 5.11 Å². The number of phenols is 1. The van der Waals surface area contributed by atoms with Crippen molar-refractivity contribution in [2.75, 3.05) is 0 Å². The Morgan fingerprint density at radius 3 is 2.85 bits per heavy atom. The van der Waals surface area contributed by atoms with Gasteiger partial charge in [-0.05, 0) is 34.1 Å². The van der Waals surface area contributed by atoms with Crippen molar-refractivity contribution in [1.82, 2.24) is 4.98 Å². The molecule has 0 saturated heterocycles. The zero-order valence-electron chi connectivity index (χ0n) is 6.46. The number of aromatic hydroxyl groups is 1. The predicted molar refractivity (Wildman–Crippen MR) is 56.1 cm³/mol. The number of phenolic OH excluding ortho intramolecular Hbond substituents is 1. The lowest BCUT2D eigenvalue weighted by Gasteiger charge is -2.00. The van der Waals surface area contributed by atoms with Crippen LogP contribution in [0.15, 0.2) is 28.7 Å². The summed E-state index contributed by atoms with van der Waals surface area (Å²) in [6.45, 7) is 0. The van der Waals surface area contributed by atoms with Gasteiger partial charge in [0.2, 0.25) is 0 Å². The smallest absolute Gasteiger partial charge is 0.143 e. The summed E-state index contributed by atoms with van der Waals surface area (Å²) in [7, 11) is 0. The van der Waals surface area contributed by atoms with E-state index in [0.717, 1.165) is 9.86 Å². The van der Waals surface area contributed by atoms with Crippen molar-refractivity contribution in [2.45, 2.75) is 0 Å². The van der Waals surface area contributed by atoms with Gasteiger partial charge in [0, 0.05) is 11.5 Å². The Hall–Kier alpha value is -0.800. The molecule has 2 rings (SSSR count). The third kappa shape index (κ3) is 1.62. The van der Waals surface area contributed by atoms with Gasteiger partial charge in [0.1, 0.15) is 10.9 Å². The second-order valence-electron chi connectivity index (χ2n) is 2.64. The molecule has 0 unspecified atom stereocenters.